The summed E-state index contributed by atoms with van der Waals surface area (Å²) in [5, 5.41) is 0.0613. The first kappa shape index (κ1) is 12.3. The number of rotatable bonds is 3. The maximum Gasteiger partial charge on any atom is 0.313 e. The Morgan fingerprint density at radius 1 is 1.41 bits per heavy atom. The number of carbonyl (C=O) groups excluding carboxylic acids is 1. The van der Waals surface area contributed by atoms with Gasteiger partial charge in [0.2, 0.25) is 0 Å². The van der Waals surface area contributed by atoms with Gasteiger partial charge >= 0.3 is 5.97 Å². The van der Waals surface area contributed by atoms with Gasteiger partial charge in [-0.25, -0.2) is 8.78 Å². The van der Waals surface area contributed by atoms with E-state index in [1.54, 1.807) is 0 Å². The summed E-state index contributed by atoms with van der Waals surface area (Å²) in [7, 11) is 1.27. The van der Waals surface area contributed by atoms with Gasteiger partial charge in [-0.1, -0.05) is 11.6 Å². The highest BCUT2D eigenvalue weighted by Gasteiger charge is 2.39. The predicted molar refractivity (Wildman–Crippen MR) is 58.8 cm³/mol. The third-order valence-corrected chi connectivity index (χ3v) is 3.25. The van der Waals surface area contributed by atoms with Gasteiger partial charge in [-0.15, -0.1) is 0 Å². The van der Waals surface area contributed by atoms with Gasteiger partial charge in [0.15, 0.2) is 11.6 Å². The number of halogens is 3. The van der Waals surface area contributed by atoms with Gasteiger partial charge in [0.05, 0.1) is 13.0 Å². The zero-order chi connectivity index (χ0) is 12.6. The fraction of sp³-hybridized carbons (Fsp3) is 0.417. The Bertz CT molecular complexity index is 458. The first-order valence-electron chi connectivity index (χ1n) is 5.27. The van der Waals surface area contributed by atoms with Crippen LogP contribution in [0.5, 0.6) is 0 Å². The van der Waals surface area contributed by atoms with Gasteiger partial charge in [0, 0.05) is 5.02 Å². The molecule has 1 atom stereocenters. The lowest BCUT2D eigenvalue weighted by Gasteiger charge is -2.15. The standard InChI is InChI=1S/C12H11ClF2O2/c1-17-12(16)11(6-2-3-6)7-4-9(14)10(15)5-8(7)13/h4-6,11H,2-3H2,1H3. The summed E-state index contributed by atoms with van der Waals surface area (Å²) in [6, 6.07) is 1.88. The molecular weight excluding hydrogens is 250 g/mol. The molecular formula is C12H11ClF2O2. The molecule has 1 aliphatic rings. The Kier molecular flexibility index (Phi) is 3.33. The van der Waals surface area contributed by atoms with Crippen molar-refractivity contribution in [3.8, 4) is 0 Å². The summed E-state index contributed by atoms with van der Waals surface area (Å²) in [4.78, 5) is 11.6. The lowest BCUT2D eigenvalue weighted by molar-refractivity contribution is -0.143. The fourth-order valence-electron chi connectivity index (χ4n) is 1.91. The molecule has 17 heavy (non-hydrogen) atoms. The van der Waals surface area contributed by atoms with Gasteiger partial charge in [-0.2, -0.15) is 0 Å². The average molecular weight is 261 g/mol. The van der Waals surface area contributed by atoms with E-state index in [1.165, 1.54) is 7.11 Å². The van der Waals surface area contributed by atoms with E-state index >= 15 is 0 Å². The van der Waals surface area contributed by atoms with E-state index in [1.807, 2.05) is 0 Å². The number of methoxy groups -OCH3 is 1. The molecule has 0 spiro atoms. The average Bonchev–Trinajstić information content (AvgIpc) is 3.09. The molecule has 1 fully saturated rings. The van der Waals surface area contributed by atoms with E-state index in [4.69, 9.17) is 11.6 Å². The Morgan fingerprint density at radius 2 is 2.00 bits per heavy atom. The Labute approximate surface area is 103 Å². The number of ether oxygens (including phenoxy) is 1. The van der Waals surface area contributed by atoms with E-state index in [-0.39, 0.29) is 10.9 Å². The molecule has 0 aromatic heterocycles. The highest BCUT2D eigenvalue weighted by Crippen LogP contribution is 2.45. The summed E-state index contributed by atoms with van der Waals surface area (Å²) >= 11 is 5.85. The lowest BCUT2D eigenvalue weighted by atomic mass is 9.94. The lowest BCUT2D eigenvalue weighted by Crippen LogP contribution is -2.17. The van der Waals surface area contributed by atoms with Gasteiger partial charge in [0.1, 0.15) is 0 Å². The third kappa shape index (κ3) is 2.41. The minimum atomic E-state index is -1.02. The van der Waals surface area contributed by atoms with Gasteiger partial charge in [-0.3, -0.25) is 4.79 Å². The molecule has 0 bridgehead atoms. The van der Waals surface area contributed by atoms with Crippen LogP contribution < -0.4 is 0 Å². The molecule has 1 aromatic rings. The topological polar surface area (TPSA) is 26.3 Å². The quantitative estimate of drug-likeness (QED) is 0.616. The second kappa shape index (κ2) is 4.61. The molecule has 0 amide bonds. The SMILES string of the molecule is COC(=O)C(c1cc(F)c(F)cc1Cl)C1CC1. The first-order chi connectivity index (χ1) is 8.04. The Balaban J connectivity index is 2.42. The van der Waals surface area contributed by atoms with Crippen LogP contribution in [-0.2, 0) is 9.53 Å². The van der Waals surface area contributed by atoms with Gasteiger partial charge < -0.3 is 4.74 Å². The molecule has 1 saturated carbocycles. The number of hydrogen-bond acceptors (Lipinski definition) is 2. The van der Waals surface area contributed by atoms with Crippen molar-refractivity contribution < 1.29 is 18.3 Å². The predicted octanol–water partition coefficient (Wildman–Crippen LogP) is 3.28. The van der Waals surface area contributed by atoms with E-state index in [9.17, 15) is 13.6 Å². The molecule has 0 heterocycles. The minimum Gasteiger partial charge on any atom is -0.469 e. The highest BCUT2D eigenvalue weighted by molar-refractivity contribution is 6.31. The molecule has 1 aliphatic carbocycles. The molecule has 92 valence electrons. The van der Waals surface area contributed by atoms with Crippen LogP contribution in [0.15, 0.2) is 12.1 Å². The maximum absolute atomic E-state index is 13.2. The van der Waals surface area contributed by atoms with Crippen LogP contribution in [0.25, 0.3) is 0 Å². The van der Waals surface area contributed by atoms with Crippen LogP contribution >= 0.6 is 11.6 Å². The summed E-state index contributed by atoms with van der Waals surface area (Å²) in [5.41, 5.74) is 0.305. The zero-order valence-corrected chi connectivity index (χ0v) is 9.93. The number of carbonyl (C=O) groups is 1. The van der Waals surface area contributed by atoms with E-state index in [0.29, 0.717) is 5.56 Å². The van der Waals surface area contributed by atoms with Crippen LogP contribution in [0, 0.1) is 17.6 Å². The minimum absolute atomic E-state index is 0.0613. The zero-order valence-electron chi connectivity index (χ0n) is 9.17. The van der Waals surface area contributed by atoms with Crippen molar-refractivity contribution in [1.82, 2.24) is 0 Å². The molecule has 2 rings (SSSR count). The number of benzene rings is 1. The van der Waals surface area contributed by atoms with E-state index in [0.717, 1.165) is 25.0 Å². The van der Waals surface area contributed by atoms with Crippen molar-refractivity contribution in [2.75, 3.05) is 7.11 Å². The van der Waals surface area contributed by atoms with Gasteiger partial charge in [0.25, 0.3) is 0 Å². The van der Waals surface area contributed by atoms with Crippen LogP contribution in [0.2, 0.25) is 5.02 Å². The van der Waals surface area contributed by atoms with Crippen LogP contribution in [0.3, 0.4) is 0 Å². The van der Waals surface area contributed by atoms with Crippen molar-refractivity contribution in [3.05, 3.63) is 34.4 Å². The molecule has 0 N–H and O–H groups in total. The Hall–Kier alpha value is -1.16. The maximum atomic E-state index is 13.2. The normalized spacial score (nSPS) is 16.7. The molecule has 0 saturated heterocycles. The largest absolute Gasteiger partial charge is 0.469 e. The molecule has 1 unspecified atom stereocenters. The molecule has 2 nitrogen and oxygen atoms in total. The molecule has 5 heteroatoms. The smallest absolute Gasteiger partial charge is 0.313 e. The van der Waals surface area contributed by atoms with E-state index in [2.05, 4.69) is 4.74 Å². The summed E-state index contributed by atoms with van der Waals surface area (Å²) < 4.78 is 30.8. The van der Waals surface area contributed by atoms with Crippen LogP contribution in [0.1, 0.15) is 24.3 Å². The monoisotopic (exact) mass is 260 g/mol. The second-order valence-corrected chi connectivity index (χ2v) is 4.53. The molecule has 0 aliphatic heterocycles. The van der Waals surface area contributed by atoms with Crippen molar-refractivity contribution in [2.24, 2.45) is 5.92 Å². The summed E-state index contributed by atoms with van der Waals surface area (Å²) in [6.45, 7) is 0. The first-order valence-corrected chi connectivity index (χ1v) is 5.64. The fourth-order valence-corrected chi connectivity index (χ4v) is 2.17. The third-order valence-electron chi connectivity index (χ3n) is 2.92. The van der Waals surface area contributed by atoms with E-state index < -0.39 is 23.5 Å². The van der Waals surface area contributed by atoms with Gasteiger partial charge in [-0.05, 0) is 36.5 Å². The Morgan fingerprint density at radius 3 is 2.53 bits per heavy atom. The van der Waals surface area contributed by atoms with Crippen molar-refractivity contribution in [2.45, 2.75) is 18.8 Å². The van der Waals surface area contributed by atoms with Crippen LogP contribution in [-0.4, -0.2) is 13.1 Å². The summed E-state index contributed by atoms with van der Waals surface area (Å²) in [5.74, 6) is -2.95. The van der Waals surface area contributed by atoms with Crippen LogP contribution in [0.4, 0.5) is 8.78 Å². The van der Waals surface area contributed by atoms with Crippen molar-refractivity contribution >= 4 is 17.6 Å². The molecule has 1 aromatic carbocycles. The van der Waals surface area contributed by atoms with Crippen molar-refractivity contribution in [3.63, 3.8) is 0 Å². The molecule has 0 radical (unpaired) electrons. The second-order valence-electron chi connectivity index (χ2n) is 4.13. The van der Waals surface area contributed by atoms with Crippen molar-refractivity contribution in [1.29, 1.82) is 0 Å². The number of esters is 1. The highest BCUT2D eigenvalue weighted by atomic mass is 35.5. The number of hydrogen-bond donors (Lipinski definition) is 0. The summed E-state index contributed by atoms with van der Waals surface area (Å²) in [6.07, 6.45) is 1.74.